The third-order valence-electron chi connectivity index (χ3n) is 5.22. The van der Waals surface area contributed by atoms with Crippen molar-refractivity contribution in [2.75, 3.05) is 17.1 Å². The van der Waals surface area contributed by atoms with Gasteiger partial charge in [0.1, 0.15) is 12.6 Å². The summed E-state index contributed by atoms with van der Waals surface area (Å²) in [5.74, 6) is -0.922. The predicted molar refractivity (Wildman–Crippen MR) is 138 cm³/mol. The second kappa shape index (κ2) is 12.1. The van der Waals surface area contributed by atoms with Gasteiger partial charge in [-0.2, -0.15) is 0 Å². The molecule has 0 saturated carbocycles. The van der Waals surface area contributed by atoms with Gasteiger partial charge in [-0.3, -0.25) is 13.9 Å². The predicted octanol–water partition coefficient (Wildman–Crippen LogP) is 4.74. The fraction of sp³-hybridized carbons (Fsp3) is 0.391. The normalized spacial score (nSPS) is 13.1. The highest BCUT2D eigenvalue weighted by atomic mass is 35.5. The maximum Gasteiger partial charge on any atom is 0.244 e. The second-order valence-electron chi connectivity index (χ2n) is 8.04. The lowest BCUT2D eigenvalue weighted by atomic mass is 10.1. The van der Waals surface area contributed by atoms with Crippen molar-refractivity contribution in [3.05, 3.63) is 63.1 Å². The SMILES string of the molecule is CC[C@H](C)NC(=O)[C@@H](C)N(Cc1cccc(Cl)c1)C(=O)CN(c1cc(Cl)cc(Cl)c1)S(C)(=O)=O. The smallest absolute Gasteiger partial charge is 0.244 e. The summed E-state index contributed by atoms with van der Waals surface area (Å²) in [6.07, 6.45) is 1.70. The second-order valence-corrected chi connectivity index (χ2v) is 11.3. The van der Waals surface area contributed by atoms with Gasteiger partial charge in [-0.25, -0.2) is 8.42 Å². The highest BCUT2D eigenvalue weighted by Crippen LogP contribution is 2.27. The molecule has 34 heavy (non-hydrogen) atoms. The molecule has 0 aliphatic carbocycles. The number of carbonyl (C=O) groups excluding carboxylic acids is 2. The summed E-state index contributed by atoms with van der Waals surface area (Å²) >= 11 is 18.2. The van der Waals surface area contributed by atoms with Gasteiger partial charge in [-0.15, -0.1) is 0 Å². The molecule has 0 bridgehead atoms. The molecule has 2 aromatic rings. The number of anilines is 1. The Balaban J connectivity index is 2.42. The van der Waals surface area contributed by atoms with Gasteiger partial charge in [-0.1, -0.05) is 53.9 Å². The first kappa shape index (κ1) is 28.2. The molecule has 2 amide bonds. The fourth-order valence-electron chi connectivity index (χ4n) is 3.18. The van der Waals surface area contributed by atoms with Crippen molar-refractivity contribution in [3.8, 4) is 0 Å². The average Bonchev–Trinajstić information content (AvgIpc) is 2.73. The lowest BCUT2D eigenvalue weighted by Crippen LogP contribution is -2.52. The van der Waals surface area contributed by atoms with Crippen LogP contribution in [0.15, 0.2) is 42.5 Å². The molecule has 2 aromatic carbocycles. The van der Waals surface area contributed by atoms with Crippen molar-refractivity contribution in [3.63, 3.8) is 0 Å². The van der Waals surface area contributed by atoms with Crippen LogP contribution < -0.4 is 9.62 Å². The third-order valence-corrected chi connectivity index (χ3v) is 7.04. The first-order valence-electron chi connectivity index (χ1n) is 10.6. The van der Waals surface area contributed by atoms with Gasteiger partial charge in [-0.05, 0) is 56.2 Å². The van der Waals surface area contributed by atoms with Gasteiger partial charge in [0.2, 0.25) is 21.8 Å². The van der Waals surface area contributed by atoms with Crippen LogP contribution in [-0.4, -0.2) is 50.0 Å². The van der Waals surface area contributed by atoms with Gasteiger partial charge in [0, 0.05) is 27.7 Å². The summed E-state index contributed by atoms with van der Waals surface area (Å²) in [5.41, 5.74) is 0.841. The molecular weight excluding hydrogens is 521 g/mol. The van der Waals surface area contributed by atoms with Gasteiger partial charge in [0.15, 0.2) is 0 Å². The van der Waals surface area contributed by atoms with Gasteiger partial charge in [0.25, 0.3) is 0 Å². The Kier molecular flexibility index (Phi) is 10.1. The number of carbonyl (C=O) groups is 2. The minimum Gasteiger partial charge on any atom is -0.352 e. The summed E-state index contributed by atoms with van der Waals surface area (Å²) in [6.45, 7) is 4.91. The van der Waals surface area contributed by atoms with Crippen LogP contribution in [-0.2, 0) is 26.2 Å². The molecule has 7 nitrogen and oxygen atoms in total. The zero-order valence-corrected chi connectivity index (χ0v) is 22.5. The number of nitrogens with zero attached hydrogens (tertiary/aromatic N) is 2. The zero-order chi connectivity index (χ0) is 25.6. The van der Waals surface area contributed by atoms with E-state index in [1.165, 1.54) is 23.1 Å². The lowest BCUT2D eigenvalue weighted by Gasteiger charge is -2.32. The number of amides is 2. The Morgan fingerprint density at radius 1 is 1.00 bits per heavy atom. The highest BCUT2D eigenvalue weighted by Gasteiger charge is 2.30. The number of hydrogen-bond acceptors (Lipinski definition) is 4. The Morgan fingerprint density at radius 2 is 1.62 bits per heavy atom. The number of rotatable bonds is 10. The number of benzene rings is 2. The Morgan fingerprint density at radius 3 is 2.15 bits per heavy atom. The standard InChI is InChI=1S/C23H28Cl3N3O4S/c1-5-15(2)27-23(31)16(3)28(13-17-7-6-8-18(24)9-17)22(30)14-29(34(4,32)33)21-11-19(25)10-20(26)12-21/h6-12,15-16H,5,13-14H2,1-4H3,(H,27,31)/t15-,16+/m0/s1. The van der Waals surface area contributed by atoms with E-state index in [-0.39, 0.29) is 34.2 Å². The van der Waals surface area contributed by atoms with Crippen LogP contribution in [0, 0.1) is 0 Å². The summed E-state index contributed by atoms with van der Waals surface area (Å²) < 4.78 is 26.1. The summed E-state index contributed by atoms with van der Waals surface area (Å²) in [4.78, 5) is 27.7. The van der Waals surface area contributed by atoms with Gasteiger partial charge >= 0.3 is 0 Å². The van der Waals surface area contributed by atoms with Crippen molar-refractivity contribution < 1.29 is 18.0 Å². The number of halogens is 3. The molecular formula is C23H28Cl3N3O4S. The van der Waals surface area contributed by atoms with Crippen LogP contribution in [0.25, 0.3) is 0 Å². The molecule has 0 fully saturated rings. The highest BCUT2D eigenvalue weighted by molar-refractivity contribution is 7.92. The van der Waals surface area contributed by atoms with Crippen LogP contribution in [0.3, 0.4) is 0 Å². The van der Waals surface area contributed by atoms with E-state index in [0.29, 0.717) is 10.6 Å². The topological polar surface area (TPSA) is 86.8 Å². The van der Waals surface area contributed by atoms with Crippen LogP contribution in [0.5, 0.6) is 0 Å². The summed E-state index contributed by atoms with van der Waals surface area (Å²) in [6, 6.07) is 10.2. The van der Waals surface area contributed by atoms with Crippen molar-refractivity contribution in [2.24, 2.45) is 0 Å². The van der Waals surface area contributed by atoms with Crippen molar-refractivity contribution >= 4 is 62.3 Å². The number of nitrogens with one attached hydrogen (secondary N) is 1. The molecule has 2 atom stereocenters. The third kappa shape index (κ3) is 8.05. The molecule has 0 spiro atoms. The molecule has 0 aromatic heterocycles. The van der Waals surface area contributed by atoms with E-state index in [0.717, 1.165) is 17.0 Å². The molecule has 0 aliphatic rings. The van der Waals surface area contributed by atoms with E-state index in [1.807, 2.05) is 13.8 Å². The monoisotopic (exact) mass is 547 g/mol. The molecule has 11 heteroatoms. The first-order chi connectivity index (χ1) is 15.8. The van der Waals surface area contributed by atoms with Crippen LogP contribution in [0.2, 0.25) is 15.1 Å². The molecule has 0 unspecified atom stereocenters. The van der Waals surface area contributed by atoms with Crippen LogP contribution in [0.4, 0.5) is 5.69 Å². The molecule has 0 radical (unpaired) electrons. The quantitative estimate of drug-likeness (QED) is 0.464. The minimum absolute atomic E-state index is 0.0579. The fourth-order valence-corrected chi connectivity index (χ4v) is 4.74. The van der Waals surface area contributed by atoms with E-state index >= 15 is 0 Å². The average molecular weight is 549 g/mol. The molecule has 2 rings (SSSR count). The van der Waals surface area contributed by atoms with Crippen molar-refractivity contribution in [1.82, 2.24) is 10.2 Å². The molecule has 186 valence electrons. The maximum atomic E-state index is 13.5. The maximum absolute atomic E-state index is 13.5. The lowest BCUT2D eigenvalue weighted by molar-refractivity contribution is -0.139. The largest absolute Gasteiger partial charge is 0.352 e. The van der Waals surface area contributed by atoms with E-state index in [1.54, 1.807) is 31.2 Å². The summed E-state index contributed by atoms with van der Waals surface area (Å²) in [5, 5.41) is 3.79. The Bertz CT molecular complexity index is 1120. The molecule has 1 N–H and O–H groups in total. The molecule has 0 aliphatic heterocycles. The Labute approximate surface area is 216 Å². The van der Waals surface area contributed by atoms with E-state index in [9.17, 15) is 18.0 Å². The van der Waals surface area contributed by atoms with Crippen molar-refractivity contribution in [1.29, 1.82) is 0 Å². The minimum atomic E-state index is -3.88. The summed E-state index contributed by atoms with van der Waals surface area (Å²) in [7, 11) is -3.88. The number of sulfonamides is 1. The van der Waals surface area contributed by atoms with Crippen molar-refractivity contribution in [2.45, 2.75) is 45.8 Å². The van der Waals surface area contributed by atoms with Gasteiger partial charge in [0.05, 0.1) is 11.9 Å². The molecule has 0 heterocycles. The zero-order valence-electron chi connectivity index (χ0n) is 19.4. The van der Waals surface area contributed by atoms with Gasteiger partial charge < -0.3 is 10.2 Å². The molecule has 0 saturated heterocycles. The van der Waals surface area contributed by atoms with E-state index in [4.69, 9.17) is 34.8 Å². The number of hydrogen-bond donors (Lipinski definition) is 1. The van der Waals surface area contributed by atoms with E-state index in [2.05, 4.69) is 5.32 Å². The van der Waals surface area contributed by atoms with E-state index < -0.39 is 28.5 Å². The first-order valence-corrected chi connectivity index (χ1v) is 13.6. The van der Waals surface area contributed by atoms with Crippen LogP contribution >= 0.6 is 34.8 Å². The van der Waals surface area contributed by atoms with Crippen LogP contribution in [0.1, 0.15) is 32.8 Å². The Hall–Kier alpha value is -2.00.